The SMILES string of the molecule is CNCC(O)c1c(Cl)nc2ncc(C)cn12. The van der Waals surface area contributed by atoms with E-state index >= 15 is 0 Å². The van der Waals surface area contributed by atoms with Crippen molar-refractivity contribution in [1.82, 2.24) is 19.7 Å². The number of aryl methyl sites for hydroxylation is 1. The summed E-state index contributed by atoms with van der Waals surface area (Å²) in [5.74, 6) is 0.501. The minimum Gasteiger partial charge on any atom is -0.385 e. The molecule has 2 heterocycles. The van der Waals surface area contributed by atoms with Crippen molar-refractivity contribution in [1.29, 1.82) is 0 Å². The van der Waals surface area contributed by atoms with E-state index in [1.165, 1.54) is 0 Å². The third-order valence-corrected chi connectivity index (χ3v) is 2.59. The number of aliphatic hydroxyl groups excluding tert-OH is 1. The zero-order valence-corrected chi connectivity index (χ0v) is 9.86. The Bertz CT molecular complexity index is 511. The number of nitrogens with zero attached hydrogens (tertiary/aromatic N) is 3. The van der Waals surface area contributed by atoms with Crippen LogP contribution in [0.3, 0.4) is 0 Å². The average Bonchev–Trinajstić information content (AvgIpc) is 2.53. The largest absolute Gasteiger partial charge is 0.385 e. The summed E-state index contributed by atoms with van der Waals surface area (Å²) in [4.78, 5) is 8.23. The molecule has 5 nitrogen and oxygen atoms in total. The van der Waals surface area contributed by atoms with Crippen molar-refractivity contribution >= 4 is 17.4 Å². The van der Waals surface area contributed by atoms with Crippen molar-refractivity contribution in [2.75, 3.05) is 13.6 Å². The minimum atomic E-state index is -0.698. The molecule has 2 aromatic heterocycles. The third kappa shape index (κ3) is 1.89. The predicted octanol–water partition coefficient (Wildman–Crippen LogP) is 0.944. The second-order valence-electron chi connectivity index (χ2n) is 3.66. The first-order valence-electron chi connectivity index (χ1n) is 4.96. The van der Waals surface area contributed by atoms with Crippen molar-refractivity contribution < 1.29 is 5.11 Å². The van der Waals surface area contributed by atoms with Gasteiger partial charge in [-0.25, -0.2) is 4.98 Å². The van der Waals surface area contributed by atoms with Gasteiger partial charge in [0.1, 0.15) is 6.10 Å². The summed E-state index contributed by atoms with van der Waals surface area (Å²) < 4.78 is 1.72. The quantitative estimate of drug-likeness (QED) is 0.839. The van der Waals surface area contributed by atoms with E-state index in [1.807, 2.05) is 13.1 Å². The Labute approximate surface area is 98.1 Å². The molecule has 0 amide bonds. The zero-order chi connectivity index (χ0) is 11.7. The number of fused-ring (bicyclic) bond motifs is 1. The van der Waals surface area contributed by atoms with Crippen LogP contribution in [-0.4, -0.2) is 33.1 Å². The molecular formula is C10H13ClN4O. The summed E-state index contributed by atoms with van der Waals surface area (Å²) in [6, 6.07) is 0. The second kappa shape index (κ2) is 4.37. The van der Waals surface area contributed by atoms with Gasteiger partial charge in [-0.1, -0.05) is 11.6 Å². The fourth-order valence-corrected chi connectivity index (χ4v) is 1.90. The van der Waals surface area contributed by atoms with E-state index in [4.69, 9.17) is 11.6 Å². The maximum absolute atomic E-state index is 9.94. The lowest BCUT2D eigenvalue weighted by molar-refractivity contribution is 0.172. The van der Waals surface area contributed by atoms with Crippen molar-refractivity contribution in [3.05, 3.63) is 28.8 Å². The van der Waals surface area contributed by atoms with Crippen molar-refractivity contribution in [2.45, 2.75) is 13.0 Å². The third-order valence-electron chi connectivity index (χ3n) is 2.31. The Balaban J connectivity index is 2.58. The Kier molecular flexibility index (Phi) is 3.09. The molecule has 0 aromatic carbocycles. The van der Waals surface area contributed by atoms with Crippen LogP contribution in [0.2, 0.25) is 5.15 Å². The first kappa shape index (κ1) is 11.3. The summed E-state index contributed by atoms with van der Waals surface area (Å²) in [5, 5.41) is 13.1. The van der Waals surface area contributed by atoms with E-state index in [-0.39, 0.29) is 0 Å². The number of hydrogen-bond acceptors (Lipinski definition) is 4. The Morgan fingerprint density at radius 3 is 3.06 bits per heavy atom. The standard InChI is InChI=1S/C10H13ClN4O/c1-6-3-13-10-14-9(11)8(15(10)5-6)7(16)4-12-2/h3,5,7,12,16H,4H2,1-2H3. The van der Waals surface area contributed by atoms with Gasteiger partial charge < -0.3 is 10.4 Å². The van der Waals surface area contributed by atoms with E-state index in [0.717, 1.165) is 5.56 Å². The van der Waals surface area contributed by atoms with Gasteiger partial charge in [-0.15, -0.1) is 0 Å². The van der Waals surface area contributed by atoms with Gasteiger partial charge in [-0.05, 0) is 19.5 Å². The van der Waals surface area contributed by atoms with Crippen LogP contribution in [0.1, 0.15) is 17.4 Å². The monoisotopic (exact) mass is 240 g/mol. The number of aromatic nitrogens is 3. The maximum Gasteiger partial charge on any atom is 0.235 e. The highest BCUT2D eigenvalue weighted by Gasteiger charge is 2.18. The fourth-order valence-electron chi connectivity index (χ4n) is 1.61. The molecule has 6 heteroatoms. The molecule has 0 saturated heterocycles. The number of imidazole rings is 1. The summed E-state index contributed by atoms with van der Waals surface area (Å²) in [5.41, 5.74) is 1.56. The van der Waals surface area contributed by atoms with Crippen LogP contribution in [0.5, 0.6) is 0 Å². The van der Waals surface area contributed by atoms with E-state index in [1.54, 1.807) is 17.6 Å². The first-order chi connectivity index (χ1) is 7.63. The molecule has 0 aliphatic carbocycles. The lowest BCUT2D eigenvalue weighted by atomic mass is 10.2. The minimum absolute atomic E-state index is 0.292. The number of rotatable bonds is 3. The molecule has 0 bridgehead atoms. The van der Waals surface area contributed by atoms with Gasteiger partial charge >= 0.3 is 0 Å². The van der Waals surface area contributed by atoms with Crippen molar-refractivity contribution in [2.24, 2.45) is 0 Å². The number of likely N-dealkylation sites (N-methyl/N-ethyl adjacent to an activating group) is 1. The normalized spacial score (nSPS) is 13.2. The summed E-state index contributed by atoms with van der Waals surface area (Å²) in [7, 11) is 1.77. The molecular weight excluding hydrogens is 228 g/mol. The smallest absolute Gasteiger partial charge is 0.235 e. The molecule has 2 aromatic rings. The van der Waals surface area contributed by atoms with E-state index < -0.39 is 6.10 Å². The van der Waals surface area contributed by atoms with Gasteiger partial charge in [0, 0.05) is 18.9 Å². The zero-order valence-electron chi connectivity index (χ0n) is 9.11. The fraction of sp³-hybridized carbons (Fsp3) is 0.400. The van der Waals surface area contributed by atoms with E-state index in [0.29, 0.717) is 23.2 Å². The number of nitrogens with one attached hydrogen (secondary N) is 1. The number of aliphatic hydroxyl groups is 1. The number of halogens is 1. The van der Waals surface area contributed by atoms with Gasteiger partial charge in [-0.3, -0.25) is 4.40 Å². The molecule has 2 N–H and O–H groups in total. The summed E-state index contributed by atoms with van der Waals surface area (Å²) in [6.45, 7) is 2.34. The molecule has 86 valence electrons. The second-order valence-corrected chi connectivity index (χ2v) is 4.02. The lowest BCUT2D eigenvalue weighted by Gasteiger charge is -2.10. The van der Waals surface area contributed by atoms with Crippen molar-refractivity contribution in [3.8, 4) is 0 Å². The summed E-state index contributed by atoms with van der Waals surface area (Å²) >= 11 is 5.99. The topological polar surface area (TPSA) is 62.5 Å². The molecule has 0 aliphatic heterocycles. The van der Waals surface area contributed by atoms with Crippen LogP contribution < -0.4 is 5.32 Å². The molecule has 1 unspecified atom stereocenters. The first-order valence-corrected chi connectivity index (χ1v) is 5.34. The van der Waals surface area contributed by atoms with Crippen LogP contribution in [0.25, 0.3) is 5.78 Å². The summed E-state index contributed by atoms with van der Waals surface area (Å²) in [6.07, 6.45) is 2.87. The van der Waals surface area contributed by atoms with Crippen LogP contribution in [-0.2, 0) is 0 Å². The Morgan fingerprint density at radius 1 is 1.62 bits per heavy atom. The Morgan fingerprint density at radius 2 is 2.38 bits per heavy atom. The van der Waals surface area contributed by atoms with Gasteiger partial charge in [-0.2, -0.15) is 4.98 Å². The van der Waals surface area contributed by atoms with Gasteiger partial charge in [0.25, 0.3) is 0 Å². The van der Waals surface area contributed by atoms with E-state index in [9.17, 15) is 5.11 Å². The van der Waals surface area contributed by atoms with E-state index in [2.05, 4.69) is 15.3 Å². The van der Waals surface area contributed by atoms with Crippen LogP contribution >= 0.6 is 11.6 Å². The van der Waals surface area contributed by atoms with Crippen LogP contribution in [0, 0.1) is 6.92 Å². The highest BCUT2D eigenvalue weighted by Crippen LogP contribution is 2.23. The molecule has 1 atom stereocenters. The number of hydrogen-bond donors (Lipinski definition) is 2. The molecule has 0 aliphatic rings. The Hall–Kier alpha value is -1.17. The van der Waals surface area contributed by atoms with Gasteiger partial charge in [0.05, 0.1) is 5.69 Å². The van der Waals surface area contributed by atoms with Gasteiger partial charge in [0.2, 0.25) is 5.78 Å². The van der Waals surface area contributed by atoms with Crippen LogP contribution in [0.4, 0.5) is 0 Å². The van der Waals surface area contributed by atoms with Crippen LogP contribution in [0.15, 0.2) is 12.4 Å². The molecule has 0 fully saturated rings. The molecule has 0 radical (unpaired) electrons. The molecule has 0 spiro atoms. The molecule has 16 heavy (non-hydrogen) atoms. The van der Waals surface area contributed by atoms with Gasteiger partial charge in [0.15, 0.2) is 5.15 Å². The lowest BCUT2D eigenvalue weighted by Crippen LogP contribution is -2.18. The average molecular weight is 241 g/mol. The molecule has 0 saturated carbocycles. The maximum atomic E-state index is 9.94. The van der Waals surface area contributed by atoms with Crippen molar-refractivity contribution in [3.63, 3.8) is 0 Å². The molecule has 2 rings (SSSR count). The predicted molar refractivity (Wildman–Crippen MR) is 61.6 cm³/mol. The highest BCUT2D eigenvalue weighted by molar-refractivity contribution is 6.30. The highest BCUT2D eigenvalue weighted by atomic mass is 35.5.